The molecule has 1 N–H and O–H groups in total. The van der Waals surface area contributed by atoms with Crippen LogP contribution in [0.5, 0.6) is 5.75 Å². The molecule has 92 valence electrons. The number of benzene rings is 1. The summed E-state index contributed by atoms with van der Waals surface area (Å²) < 4.78 is 5.07. The molecule has 0 spiro atoms. The van der Waals surface area contributed by atoms with E-state index in [4.69, 9.17) is 9.84 Å². The molecule has 2 aromatic rings. The van der Waals surface area contributed by atoms with E-state index in [1.807, 2.05) is 24.3 Å². The van der Waals surface area contributed by atoms with Gasteiger partial charge in [0.25, 0.3) is 0 Å². The zero-order chi connectivity index (χ0) is 13.0. The predicted octanol–water partition coefficient (Wildman–Crippen LogP) is 2.94. The number of rotatable bonds is 4. The fraction of sp³-hybridized carbons (Fsp3) is 0.0769. The lowest BCUT2D eigenvalue weighted by molar-refractivity contribution is 0.0690. The second-order valence-electron chi connectivity index (χ2n) is 3.46. The fourth-order valence-electron chi connectivity index (χ4n) is 1.37. The molecule has 1 heterocycles. The quantitative estimate of drug-likeness (QED) is 0.917. The molecule has 5 heteroatoms. The monoisotopic (exact) mass is 261 g/mol. The third kappa shape index (κ3) is 3.01. The van der Waals surface area contributed by atoms with Gasteiger partial charge >= 0.3 is 5.97 Å². The molecule has 0 aliphatic carbocycles. The van der Waals surface area contributed by atoms with E-state index >= 15 is 0 Å². The van der Waals surface area contributed by atoms with E-state index in [-0.39, 0.29) is 5.69 Å². The van der Waals surface area contributed by atoms with Gasteiger partial charge in [-0.05, 0) is 36.4 Å². The Bertz CT molecular complexity index is 554. The molecule has 0 bridgehead atoms. The van der Waals surface area contributed by atoms with Gasteiger partial charge in [0, 0.05) is 16.0 Å². The Morgan fingerprint density at radius 3 is 2.56 bits per heavy atom. The van der Waals surface area contributed by atoms with Crippen LogP contribution in [0.3, 0.4) is 0 Å². The molecule has 0 radical (unpaired) electrons. The summed E-state index contributed by atoms with van der Waals surface area (Å²) in [6, 6.07) is 10.9. The van der Waals surface area contributed by atoms with Crippen LogP contribution in [0.25, 0.3) is 0 Å². The van der Waals surface area contributed by atoms with Crippen molar-refractivity contribution in [3.05, 3.63) is 48.3 Å². The van der Waals surface area contributed by atoms with Crippen molar-refractivity contribution in [3.63, 3.8) is 0 Å². The number of carbonyl (C=O) groups is 1. The van der Waals surface area contributed by atoms with Gasteiger partial charge in [-0.2, -0.15) is 0 Å². The highest BCUT2D eigenvalue weighted by molar-refractivity contribution is 7.99. The second kappa shape index (κ2) is 5.55. The van der Waals surface area contributed by atoms with Crippen LogP contribution >= 0.6 is 11.8 Å². The van der Waals surface area contributed by atoms with Crippen LogP contribution in [0.2, 0.25) is 0 Å². The van der Waals surface area contributed by atoms with E-state index in [1.165, 1.54) is 18.0 Å². The third-order valence-corrected chi connectivity index (χ3v) is 3.24. The summed E-state index contributed by atoms with van der Waals surface area (Å²) in [5.41, 5.74) is 0.0495. The first-order valence-electron chi connectivity index (χ1n) is 5.20. The summed E-state index contributed by atoms with van der Waals surface area (Å²) in [7, 11) is 1.62. The Morgan fingerprint density at radius 2 is 1.94 bits per heavy atom. The van der Waals surface area contributed by atoms with Crippen molar-refractivity contribution in [2.75, 3.05) is 7.11 Å². The second-order valence-corrected chi connectivity index (χ2v) is 4.61. The largest absolute Gasteiger partial charge is 0.497 e. The van der Waals surface area contributed by atoms with Crippen molar-refractivity contribution >= 4 is 17.7 Å². The van der Waals surface area contributed by atoms with Crippen LogP contribution in [-0.2, 0) is 0 Å². The molecule has 0 unspecified atom stereocenters. The van der Waals surface area contributed by atoms with Crippen LogP contribution in [0.4, 0.5) is 0 Å². The summed E-state index contributed by atoms with van der Waals surface area (Å²) in [6.07, 6.45) is 1.50. The summed E-state index contributed by atoms with van der Waals surface area (Å²) in [5, 5.41) is 8.86. The predicted molar refractivity (Wildman–Crippen MR) is 68.3 cm³/mol. The SMILES string of the molecule is COc1ccc(Sc2ccnc(C(=O)O)c2)cc1. The normalized spacial score (nSPS) is 10.1. The van der Waals surface area contributed by atoms with Gasteiger partial charge in [0.1, 0.15) is 11.4 Å². The number of methoxy groups -OCH3 is 1. The van der Waals surface area contributed by atoms with Gasteiger partial charge in [-0.1, -0.05) is 11.8 Å². The van der Waals surface area contributed by atoms with E-state index in [9.17, 15) is 4.79 Å². The average molecular weight is 261 g/mol. The minimum Gasteiger partial charge on any atom is -0.497 e. The van der Waals surface area contributed by atoms with Crippen LogP contribution in [-0.4, -0.2) is 23.2 Å². The molecule has 2 rings (SSSR count). The lowest BCUT2D eigenvalue weighted by atomic mass is 10.3. The molecule has 0 saturated carbocycles. The Morgan fingerprint density at radius 1 is 1.22 bits per heavy atom. The molecule has 0 fully saturated rings. The lowest BCUT2D eigenvalue weighted by Gasteiger charge is -2.04. The van der Waals surface area contributed by atoms with Crippen molar-refractivity contribution < 1.29 is 14.6 Å². The first kappa shape index (κ1) is 12.4. The fourth-order valence-corrected chi connectivity index (χ4v) is 2.22. The van der Waals surface area contributed by atoms with Gasteiger partial charge in [-0.25, -0.2) is 9.78 Å². The van der Waals surface area contributed by atoms with Gasteiger partial charge in [0.2, 0.25) is 0 Å². The number of pyridine rings is 1. The van der Waals surface area contributed by atoms with Crippen LogP contribution in [0, 0.1) is 0 Å². The zero-order valence-electron chi connectivity index (χ0n) is 9.66. The molecular formula is C13H11NO3S. The number of carboxylic acid groups (broad SMARTS) is 1. The van der Waals surface area contributed by atoms with Crippen LogP contribution in [0.15, 0.2) is 52.4 Å². The summed E-state index contributed by atoms with van der Waals surface area (Å²) in [4.78, 5) is 16.4. The van der Waals surface area contributed by atoms with Crippen molar-refractivity contribution in [2.45, 2.75) is 9.79 Å². The van der Waals surface area contributed by atoms with Gasteiger partial charge in [-0.15, -0.1) is 0 Å². The van der Waals surface area contributed by atoms with E-state index in [1.54, 1.807) is 19.2 Å². The molecule has 0 aliphatic heterocycles. The summed E-state index contributed by atoms with van der Waals surface area (Å²) in [5.74, 6) is -0.229. The van der Waals surface area contributed by atoms with Crippen molar-refractivity contribution in [2.24, 2.45) is 0 Å². The number of ether oxygens (including phenoxy) is 1. The maximum Gasteiger partial charge on any atom is 0.354 e. The van der Waals surface area contributed by atoms with E-state index in [0.29, 0.717) is 0 Å². The Hall–Kier alpha value is -2.01. The highest BCUT2D eigenvalue weighted by Crippen LogP contribution is 2.28. The average Bonchev–Trinajstić information content (AvgIpc) is 2.40. The molecular weight excluding hydrogens is 250 g/mol. The lowest BCUT2D eigenvalue weighted by Crippen LogP contribution is -1.99. The minimum absolute atomic E-state index is 0.0495. The Labute approximate surface area is 109 Å². The standard InChI is InChI=1S/C13H11NO3S/c1-17-9-2-4-10(5-3-9)18-11-6-7-14-12(8-11)13(15)16/h2-8H,1H3,(H,15,16). The van der Waals surface area contributed by atoms with E-state index < -0.39 is 5.97 Å². The minimum atomic E-state index is -1.02. The molecule has 0 saturated heterocycles. The molecule has 0 aliphatic rings. The van der Waals surface area contributed by atoms with Crippen LogP contribution < -0.4 is 4.74 Å². The summed E-state index contributed by atoms with van der Waals surface area (Å²) in [6.45, 7) is 0. The Kier molecular flexibility index (Phi) is 3.84. The highest BCUT2D eigenvalue weighted by atomic mass is 32.2. The zero-order valence-corrected chi connectivity index (χ0v) is 10.5. The number of hydrogen-bond acceptors (Lipinski definition) is 4. The molecule has 4 nitrogen and oxygen atoms in total. The maximum atomic E-state index is 10.8. The van der Waals surface area contributed by atoms with Crippen molar-refractivity contribution in [1.82, 2.24) is 4.98 Å². The van der Waals surface area contributed by atoms with Gasteiger partial charge in [-0.3, -0.25) is 0 Å². The first-order valence-corrected chi connectivity index (χ1v) is 6.02. The number of aromatic carboxylic acids is 1. The van der Waals surface area contributed by atoms with Crippen molar-refractivity contribution in [3.8, 4) is 5.75 Å². The molecule has 0 atom stereocenters. The number of aromatic nitrogens is 1. The molecule has 1 aromatic heterocycles. The molecule has 18 heavy (non-hydrogen) atoms. The molecule has 1 aromatic carbocycles. The van der Waals surface area contributed by atoms with Crippen molar-refractivity contribution in [1.29, 1.82) is 0 Å². The number of carboxylic acids is 1. The topological polar surface area (TPSA) is 59.4 Å². The number of nitrogens with zero attached hydrogens (tertiary/aromatic N) is 1. The van der Waals surface area contributed by atoms with E-state index in [2.05, 4.69) is 4.98 Å². The maximum absolute atomic E-state index is 10.8. The smallest absolute Gasteiger partial charge is 0.354 e. The highest BCUT2D eigenvalue weighted by Gasteiger charge is 2.06. The van der Waals surface area contributed by atoms with E-state index in [0.717, 1.165) is 15.5 Å². The third-order valence-electron chi connectivity index (χ3n) is 2.25. The molecule has 0 amide bonds. The Balaban J connectivity index is 2.17. The number of hydrogen-bond donors (Lipinski definition) is 1. The summed E-state index contributed by atoms with van der Waals surface area (Å²) >= 11 is 1.48. The first-order chi connectivity index (χ1) is 8.69. The van der Waals surface area contributed by atoms with Crippen LogP contribution in [0.1, 0.15) is 10.5 Å². The van der Waals surface area contributed by atoms with Gasteiger partial charge < -0.3 is 9.84 Å². The van der Waals surface area contributed by atoms with Gasteiger partial charge in [0.15, 0.2) is 0 Å². The van der Waals surface area contributed by atoms with Gasteiger partial charge in [0.05, 0.1) is 7.11 Å².